The summed E-state index contributed by atoms with van der Waals surface area (Å²) in [6.45, 7) is 2.90. The van der Waals surface area contributed by atoms with Gasteiger partial charge in [0.2, 0.25) is 0 Å². The summed E-state index contributed by atoms with van der Waals surface area (Å²) in [5, 5.41) is 14.0. The molecule has 0 saturated carbocycles. The fourth-order valence-electron chi connectivity index (χ4n) is 2.19. The number of Topliss-reactive ketones (excluding diaryl/α,β-unsaturated/α-hetero) is 1. The van der Waals surface area contributed by atoms with E-state index in [1.54, 1.807) is 6.92 Å². The van der Waals surface area contributed by atoms with Crippen molar-refractivity contribution in [2.45, 2.75) is 19.9 Å². The maximum absolute atomic E-state index is 13.8. The summed E-state index contributed by atoms with van der Waals surface area (Å²) in [7, 11) is 0. The lowest BCUT2D eigenvalue weighted by Crippen LogP contribution is -2.10. The van der Waals surface area contributed by atoms with Gasteiger partial charge in [0, 0.05) is 23.3 Å². The van der Waals surface area contributed by atoms with Crippen LogP contribution < -0.4 is 5.32 Å². The van der Waals surface area contributed by atoms with E-state index in [4.69, 9.17) is 0 Å². The van der Waals surface area contributed by atoms with Crippen molar-refractivity contribution in [2.24, 2.45) is 0 Å². The van der Waals surface area contributed by atoms with Crippen LogP contribution in [0.3, 0.4) is 0 Å². The summed E-state index contributed by atoms with van der Waals surface area (Å²) >= 11 is 0. The third kappa shape index (κ3) is 3.68. The predicted octanol–water partition coefficient (Wildman–Crippen LogP) is 4.25. The summed E-state index contributed by atoms with van der Waals surface area (Å²) in [6.07, 6.45) is 0. The summed E-state index contributed by atoms with van der Waals surface area (Å²) in [6, 6.07) is 6.52. The Morgan fingerprint density at radius 1 is 1.22 bits per heavy atom. The van der Waals surface area contributed by atoms with Gasteiger partial charge in [0.1, 0.15) is 17.3 Å². The Kier molecular flexibility index (Phi) is 4.68. The highest BCUT2D eigenvalue weighted by atomic mass is 19.1. The summed E-state index contributed by atoms with van der Waals surface area (Å²) in [5.41, 5.74) is 0.252. The van der Waals surface area contributed by atoms with Crippen LogP contribution in [-0.2, 0) is 0 Å². The number of hydrogen-bond acceptors (Lipinski definition) is 4. The van der Waals surface area contributed by atoms with Gasteiger partial charge >= 0.3 is 0 Å². The predicted molar refractivity (Wildman–Crippen MR) is 81.5 cm³/mol. The molecule has 7 heteroatoms. The maximum Gasteiger partial charge on any atom is 0.293 e. The first-order chi connectivity index (χ1) is 10.8. The molecule has 0 aliphatic carbocycles. The quantitative estimate of drug-likeness (QED) is 0.508. The van der Waals surface area contributed by atoms with Gasteiger partial charge in [0.05, 0.1) is 11.0 Å². The molecular weight excluding hydrogens is 306 g/mol. The number of ketones is 1. The van der Waals surface area contributed by atoms with Gasteiger partial charge in [-0.1, -0.05) is 6.07 Å². The van der Waals surface area contributed by atoms with E-state index in [2.05, 4.69) is 5.32 Å². The zero-order chi connectivity index (χ0) is 17.1. The number of nitrogens with one attached hydrogen (secondary N) is 1. The van der Waals surface area contributed by atoms with Gasteiger partial charge in [-0.25, -0.2) is 8.78 Å². The Bertz CT molecular complexity index is 778. The van der Waals surface area contributed by atoms with Crippen molar-refractivity contribution in [3.8, 4) is 0 Å². The van der Waals surface area contributed by atoms with E-state index < -0.39 is 22.6 Å². The molecule has 5 nitrogen and oxygen atoms in total. The van der Waals surface area contributed by atoms with Crippen LogP contribution in [0.4, 0.5) is 20.2 Å². The first kappa shape index (κ1) is 16.5. The van der Waals surface area contributed by atoms with Crippen LogP contribution in [0.25, 0.3) is 0 Å². The Balaban J connectivity index is 2.35. The zero-order valence-corrected chi connectivity index (χ0v) is 12.5. The Morgan fingerprint density at radius 2 is 1.91 bits per heavy atom. The molecule has 0 aliphatic rings. The number of rotatable bonds is 5. The maximum atomic E-state index is 13.8. The second-order valence-electron chi connectivity index (χ2n) is 5.08. The van der Waals surface area contributed by atoms with E-state index in [1.807, 2.05) is 0 Å². The number of carbonyl (C=O) groups excluding carboxylic acids is 1. The molecule has 0 saturated heterocycles. The fourth-order valence-corrected chi connectivity index (χ4v) is 2.19. The van der Waals surface area contributed by atoms with Crippen LogP contribution in [-0.4, -0.2) is 10.7 Å². The number of halogens is 2. The number of carbonyl (C=O) groups is 1. The Hall–Kier alpha value is -2.83. The molecule has 0 amide bonds. The van der Waals surface area contributed by atoms with Crippen molar-refractivity contribution in [1.29, 1.82) is 0 Å². The summed E-state index contributed by atoms with van der Waals surface area (Å²) < 4.78 is 26.7. The highest BCUT2D eigenvalue weighted by Gasteiger charge is 2.19. The number of nitro groups is 1. The van der Waals surface area contributed by atoms with Crippen LogP contribution in [0.2, 0.25) is 0 Å². The lowest BCUT2D eigenvalue weighted by molar-refractivity contribution is -0.384. The highest BCUT2D eigenvalue weighted by Crippen LogP contribution is 2.30. The molecule has 1 atom stereocenters. The van der Waals surface area contributed by atoms with E-state index >= 15 is 0 Å². The van der Waals surface area contributed by atoms with Gasteiger partial charge in [0.25, 0.3) is 5.69 Å². The van der Waals surface area contributed by atoms with Gasteiger partial charge in [-0.15, -0.1) is 0 Å². The van der Waals surface area contributed by atoms with Gasteiger partial charge in [0.15, 0.2) is 5.78 Å². The molecule has 0 heterocycles. The smallest absolute Gasteiger partial charge is 0.293 e. The fraction of sp³-hybridized carbons (Fsp3) is 0.188. The Labute approximate surface area is 131 Å². The minimum Gasteiger partial charge on any atom is -0.373 e. The number of nitrogens with zero attached hydrogens (tertiary/aromatic N) is 1. The van der Waals surface area contributed by atoms with Crippen LogP contribution in [0.1, 0.15) is 35.8 Å². The average molecular weight is 320 g/mol. The first-order valence-corrected chi connectivity index (χ1v) is 6.80. The number of nitro benzene ring substituents is 1. The van der Waals surface area contributed by atoms with Crippen LogP contribution in [0.15, 0.2) is 36.4 Å². The molecule has 2 rings (SSSR count). The normalized spacial score (nSPS) is 11.8. The van der Waals surface area contributed by atoms with Crippen molar-refractivity contribution in [1.82, 2.24) is 0 Å². The van der Waals surface area contributed by atoms with Crippen molar-refractivity contribution in [3.63, 3.8) is 0 Å². The molecule has 0 aromatic heterocycles. The SMILES string of the molecule is CC(=O)c1ccc(N[C@@H](C)c2ccc(F)cc2F)c([N+](=O)[O-])c1. The standard InChI is InChI=1S/C16H14F2N2O3/c1-9(13-5-4-12(17)8-14(13)18)19-15-6-3-11(10(2)21)7-16(15)20(22)23/h3-9,19H,1-2H3/t9-/m0/s1. The topological polar surface area (TPSA) is 72.2 Å². The molecule has 0 unspecified atom stereocenters. The summed E-state index contributed by atoms with van der Waals surface area (Å²) in [5.74, 6) is -1.74. The van der Waals surface area contributed by atoms with Crippen LogP contribution >= 0.6 is 0 Å². The molecule has 0 fully saturated rings. The molecule has 0 bridgehead atoms. The molecule has 2 aromatic rings. The zero-order valence-electron chi connectivity index (χ0n) is 12.5. The number of hydrogen-bond donors (Lipinski definition) is 1. The molecular formula is C16H14F2N2O3. The van der Waals surface area contributed by atoms with Gasteiger partial charge in [-0.05, 0) is 32.0 Å². The number of benzene rings is 2. The third-order valence-electron chi connectivity index (χ3n) is 3.40. The molecule has 23 heavy (non-hydrogen) atoms. The minimum atomic E-state index is -0.743. The first-order valence-electron chi connectivity index (χ1n) is 6.80. The van der Waals surface area contributed by atoms with E-state index in [9.17, 15) is 23.7 Å². The monoisotopic (exact) mass is 320 g/mol. The van der Waals surface area contributed by atoms with Gasteiger partial charge in [-0.2, -0.15) is 0 Å². The molecule has 0 aliphatic heterocycles. The molecule has 0 radical (unpaired) electrons. The largest absolute Gasteiger partial charge is 0.373 e. The molecule has 2 aromatic carbocycles. The van der Waals surface area contributed by atoms with Crippen molar-refractivity contribution in [2.75, 3.05) is 5.32 Å². The van der Waals surface area contributed by atoms with Gasteiger partial charge in [-0.3, -0.25) is 14.9 Å². The Morgan fingerprint density at radius 3 is 2.48 bits per heavy atom. The van der Waals surface area contributed by atoms with Crippen molar-refractivity contribution < 1.29 is 18.5 Å². The highest BCUT2D eigenvalue weighted by molar-refractivity contribution is 5.95. The van der Waals surface area contributed by atoms with Gasteiger partial charge < -0.3 is 5.32 Å². The minimum absolute atomic E-state index is 0.149. The van der Waals surface area contributed by atoms with Crippen molar-refractivity contribution in [3.05, 3.63) is 69.3 Å². The van der Waals surface area contributed by atoms with E-state index in [0.717, 1.165) is 12.1 Å². The third-order valence-corrected chi connectivity index (χ3v) is 3.40. The average Bonchev–Trinajstić information content (AvgIpc) is 2.46. The van der Waals surface area contributed by atoms with E-state index in [1.165, 1.54) is 31.2 Å². The van der Waals surface area contributed by atoms with Crippen molar-refractivity contribution >= 4 is 17.2 Å². The lowest BCUT2D eigenvalue weighted by atomic mass is 10.1. The number of anilines is 1. The lowest BCUT2D eigenvalue weighted by Gasteiger charge is -2.16. The van der Waals surface area contributed by atoms with Crippen LogP contribution in [0, 0.1) is 21.7 Å². The van der Waals surface area contributed by atoms with E-state index in [0.29, 0.717) is 0 Å². The molecule has 0 spiro atoms. The summed E-state index contributed by atoms with van der Waals surface area (Å²) in [4.78, 5) is 21.9. The molecule has 1 N–H and O–H groups in total. The second-order valence-corrected chi connectivity index (χ2v) is 5.08. The molecule has 120 valence electrons. The van der Waals surface area contributed by atoms with E-state index in [-0.39, 0.29) is 28.3 Å². The second kappa shape index (κ2) is 6.51. The van der Waals surface area contributed by atoms with Crippen LogP contribution in [0.5, 0.6) is 0 Å².